The lowest BCUT2D eigenvalue weighted by Gasteiger charge is -2.15. The Morgan fingerprint density at radius 2 is 1.68 bits per heavy atom. The van der Waals surface area contributed by atoms with Gasteiger partial charge in [-0.3, -0.25) is 9.59 Å². The maximum atomic E-state index is 13.8. The van der Waals surface area contributed by atoms with Crippen molar-refractivity contribution in [1.82, 2.24) is 0 Å². The molecule has 0 atom stereocenters. The number of alkyl halides is 3. The van der Waals surface area contributed by atoms with Crippen molar-refractivity contribution in [2.75, 3.05) is 10.6 Å². The summed E-state index contributed by atoms with van der Waals surface area (Å²) in [5.74, 6) is -2.79. The Balaban J connectivity index is 1.63. The van der Waals surface area contributed by atoms with E-state index in [1.165, 1.54) is 18.2 Å². The van der Waals surface area contributed by atoms with E-state index in [-0.39, 0.29) is 17.0 Å². The number of nitrogens with one attached hydrogen (secondary N) is 2. The minimum atomic E-state index is -4.86. The average molecular weight is 491 g/mol. The number of amides is 2. The van der Waals surface area contributed by atoms with Crippen molar-refractivity contribution in [3.8, 4) is 0 Å². The number of furan rings is 1. The van der Waals surface area contributed by atoms with Gasteiger partial charge in [-0.1, -0.05) is 23.7 Å². The lowest BCUT2D eigenvalue weighted by Crippen LogP contribution is -2.18. The van der Waals surface area contributed by atoms with Crippen LogP contribution in [0.5, 0.6) is 0 Å². The third-order valence-electron chi connectivity index (χ3n) is 5.05. The molecule has 34 heavy (non-hydrogen) atoms. The van der Waals surface area contributed by atoms with Gasteiger partial charge in [0.05, 0.1) is 16.8 Å². The summed E-state index contributed by atoms with van der Waals surface area (Å²) in [5.41, 5.74) is -1.53. The van der Waals surface area contributed by atoms with Gasteiger partial charge in [0, 0.05) is 21.7 Å². The Morgan fingerprint density at radius 1 is 0.941 bits per heavy atom. The molecular formula is C24H15ClF4N2O3. The second-order valence-electron chi connectivity index (χ2n) is 7.34. The topological polar surface area (TPSA) is 71.3 Å². The number of anilines is 2. The van der Waals surface area contributed by atoms with Gasteiger partial charge in [-0.15, -0.1) is 0 Å². The van der Waals surface area contributed by atoms with Gasteiger partial charge >= 0.3 is 6.18 Å². The van der Waals surface area contributed by atoms with Crippen LogP contribution in [-0.2, 0) is 6.18 Å². The Kier molecular flexibility index (Phi) is 6.05. The van der Waals surface area contributed by atoms with Crippen LogP contribution in [0, 0.1) is 12.7 Å². The van der Waals surface area contributed by atoms with Crippen LogP contribution >= 0.6 is 11.6 Å². The molecule has 0 radical (unpaired) electrons. The van der Waals surface area contributed by atoms with E-state index in [0.717, 1.165) is 18.2 Å². The van der Waals surface area contributed by atoms with Crippen molar-refractivity contribution in [2.45, 2.75) is 13.1 Å². The van der Waals surface area contributed by atoms with Crippen molar-refractivity contribution in [3.05, 3.63) is 94.0 Å². The summed E-state index contributed by atoms with van der Waals surface area (Å²) in [5, 5.41) is 5.41. The molecule has 0 aliphatic carbocycles. The van der Waals surface area contributed by atoms with Gasteiger partial charge in [0.15, 0.2) is 5.76 Å². The van der Waals surface area contributed by atoms with E-state index in [9.17, 15) is 27.2 Å². The molecule has 0 saturated carbocycles. The highest BCUT2D eigenvalue weighted by Gasteiger charge is 2.35. The van der Waals surface area contributed by atoms with E-state index in [1.54, 1.807) is 25.1 Å². The number of hydrogen-bond acceptors (Lipinski definition) is 3. The van der Waals surface area contributed by atoms with Crippen LogP contribution in [0.15, 0.2) is 65.1 Å². The monoisotopic (exact) mass is 490 g/mol. The Morgan fingerprint density at radius 3 is 2.38 bits per heavy atom. The number of hydrogen-bond donors (Lipinski definition) is 2. The minimum Gasteiger partial charge on any atom is -0.451 e. The summed E-state index contributed by atoms with van der Waals surface area (Å²) >= 11 is 5.96. The molecule has 0 fully saturated rings. The minimum absolute atomic E-state index is 0.165. The van der Waals surface area contributed by atoms with E-state index in [1.807, 2.05) is 0 Å². The first kappa shape index (κ1) is 23.3. The highest BCUT2D eigenvalue weighted by atomic mass is 35.5. The van der Waals surface area contributed by atoms with Crippen LogP contribution in [0.25, 0.3) is 11.0 Å². The molecule has 3 aromatic carbocycles. The van der Waals surface area contributed by atoms with Gasteiger partial charge in [0.25, 0.3) is 11.8 Å². The number of benzene rings is 3. The predicted molar refractivity (Wildman–Crippen MR) is 120 cm³/mol. The van der Waals surface area contributed by atoms with Crippen LogP contribution < -0.4 is 10.6 Å². The number of aryl methyl sites for hydroxylation is 1. The van der Waals surface area contributed by atoms with E-state index in [2.05, 4.69) is 10.6 Å². The summed E-state index contributed by atoms with van der Waals surface area (Å²) < 4.78 is 60.5. The highest BCUT2D eigenvalue weighted by Crippen LogP contribution is 2.37. The summed E-state index contributed by atoms with van der Waals surface area (Å²) in [6.45, 7) is 1.59. The van der Waals surface area contributed by atoms with Crippen LogP contribution in [0.4, 0.5) is 28.9 Å². The van der Waals surface area contributed by atoms with Crippen LogP contribution in [0.2, 0.25) is 5.02 Å². The lowest BCUT2D eigenvalue weighted by atomic mass is 10.1. The maximum absolute atomic E-state index is 13.8. The molecule has 0 saturated heterocycles. The Labute approximate surface area is 195 Å². The van der Waals surface area contributed by atoms with Crippen molar-refractivity contribution >= 4 is 45.8 Å². The fourth-order valence-corrected chi connectivity index (χ4v) is 3.57. The Hall–Kier alpha value is -3.85. The average Bonchev–Trinajstić information content (AvgIpc) is 3.10. The molecule has 2 amide bonds. The van der Waals surface area contributed by atoms with Crippen molar-refractivity contribution in [3.63, 3.8) is 0 Å². The van der Waals surface area contributed by atoms with Crippen LogP contribution in [0.1, 0.15) is 32.0 Å². The van der Waals surface area contributed by atoms with Crippen molar-refractivity contribution in [2.24, 2.45) is 0 Å². The smallest absolute Gasteiger partial charge is 0.418 e. The van der Waals surface area contributed by atoms with Gasteiger partial charge in [0.2, 0.25) is 0 Å². The fourth-order valence-electron chi connectivity index (χ4n) is 3.40. The maximum Gasteiger partial charge on any atom is 0.418 e. The highest BCUT2D eigenvalue weighted by molar-refractivity contribution is 6.31. The molecule has 0 bridgehead atoms. The zero-order valence-electron chi connectivity index (χ0n) is 17.4. The zero-order chi connectivity index (χ0) is 24.6. The molecule has 4 aromatic rings. The molecule has 0 aliphatic rings. The largest absolute Gasteiger partial charge is 0.451 e. The molecule has 5 nitrogen and oxygen atoms in total. The van der Waals surface area contributed by atoms with Gasteiger partial charge in [-0.2, -0.15) is 13.2 Å². The zero-order valence-corrected chi connectivity index (χ0v) is 18.1. The summed E-state index contributed by atoms with van der Waals surface area (Å²) in [7, 11) is 0. The van der Waals surface area contributed by atoms with Crippen LogP contribution in [-0.4, -0.2) is 11.8 Å². The van der Waals surface area contributed by atoms with Gasteiger partial charge in [-0.25, -0.2) is 4.39 Å². The number of halogens is 5. The third kappa shape index (κ3) is 4.60. The first-order valence-electron chi connectivity index (χ1n) is 9.81. The van der Waals surface area contributed by atoms with Crippen LogP contribution in [0.3, 0.4) is 0 Å². The molecule has 1 aromatic heterocycles. The van der Waals surface area contributed by atoms with E-state index in [0.29, 0.717) is 27.6 Å². The van der Waals surface area contributed by atoms with E-state index < -0.39 is 35.1 Å². The normalized spacial score (nSPS) is 11.5. The van der Waals surface area contributed by atoms with Gasteiger partial charge in [-0.05, 0) is 55.5 Å². The summed E-state index contributed by atoms with van der Waals surface area (Å²) in [6.07, 6.45) is -4.86. The number of fused-ring (bicyclic) bond motifs is 1. The molecule has 0 aliphatic heterocycles. The summed E-state index contributed by atoms with van der Waals surface area (Å²) in [6, 6.07) is 12.6. The Bertz CT molecular complexity index is 1430. The molecule has 174 valence electrons. The third-order valence-corrected chi connectivity index (χ3v) is 5.29. The second-order valence-corrected chi connectivity index (χ2v) is 7.78. The fraction of sp³-hybridized carbons (Fsp3) is 0.0833. The van der Waals surface area contributed by atoms with Gasteiger partial charge in [0.1, 0.15) is 11.4 Å². The SMILES string of the molecule is Cc1c(C(=O)Nc2ccc(NC(=O)c3ccccc3F)cc2C(F)(F)F)oc2ccc(Cl)cc12. The van der Waals surface area contributed by atoms with E-state index in [4.69, 9.17) is 16.0 Å². The predicted octanol–water partition coefficient (Wildman–Crippen LogP) is 7.06. The molecule has 4 rings (SSSR count). The number of rotatable bonds is 4. The number of carbonyl (C=O) groups excluding carboxylic acids is 2. The summed E-state index contributed by atoms with van der Waals surface area (Å²) in [4.78, 5) is 25.0. The molecule has 10 heteroatoms. The van der Waals surface area contributed by atoms with Gasteiger partial charge < -0.3 is 15.1 Å². The molecular weight excluding hydrogens is 476 g/mol. The molecule has 0 spiro atoms. The van der Waals surface area contributed by atoms with Crippen molar-refractivity contribution in [1.29, 1.82) is 0 Å². The lowest BCUT2D eigenvalue weighted by molar-refractivity contribution is -0.136. The second kappa shape index (κ2) is 8.83. The molecule has 0 unspecified atom stereocenters. The van der Waals surface area contributed by atoms with Crippen molar-refractivity contribution < 1.29 is 31.6 Å². The van der Waals surface area contributed by atoms with E-state index >= 15 is 0 Å². The standard InChI is InChI=1S/C24H15ClF4N2O3/c1-12-16-10-13(25)6-9-20(16)34-21(12)23(33)31-19-8-7-14(11-17(19)24(27,28)29)30-22(32)15-4-2-3-5-18(15)26/h2-11H,1H3,(H,30,32)(H,31,33). The molecule has 2 N–H and O–H groups in total. The first-order chi connectivity index (χ1) is 16.0. The first-order valence-corrected chi connectivity index (χ1v) is 10.2. The molecule has 1 heterocycles. The quantitative estimate of drug-likeness (QED) is 0.301. The number of carbonyl (C=O) groups is 2.